The van der Waals surface area contributed by atoms with Crippen LogP contribution in [0.5, 0.6) is 0 Å². The van der Waals surface area contributed by atoms with Gasteiger partial charge in [0.05, 0.1) is 11.9 Å². The SMILES string of the molecule is CN(CCCC1CCCO1)S(=O)(=O)Cc1ccc(Cl)cc1F. The number of hydrogen-bond donors (Lipinski definition) is 0. The van der Waals surface area contributed by atoms with Crippen molar-refractivity contribution in [3.8, 4) is 0 Å². The Kier molecular flexibility index (Phi) is 6.20. The second kappa shape index (κ2) is 7.73. The van der Waals surface area contributed by atoms with Gasteiger partial charge in [-0.25, -0.2) is 17.1 Å². The van der Waals surface area contributed by atoms with Gasteiger partial charge in [0.1, 0.15) is 5.82 Å². The molecule has 1 aliphatic rings. The van der Waals surface area contributed by atoms with E-state index < -0.39 is 15.8 Å². The van der Waals surface area contributed by atoms with Gasteiger partial charge in [-0.3, -0.25) is 0 Å². The van der Waals surface area contributed by atoms with E-state index in [0.717, 1.165) is 38.4 Å². The first-order valence-corrected chi connectivity index (χ1v) is 9.37. The fraction of sp³-hybridized carbons (Fsp3) is 0.600. The van der Waals surface area contributed by atoms with Crippen LogP contribution in [0.4, 0.5) is 4.39 Å². The first-order valence-electron chi connectivity index (χ1n) is 7.38. The lowest BCUT2D eigenvalue weighted by Crippen LogP contribution is -2.30. The van der Waals surface area contributed by atoms with Gasteiger partial charge in [-0.15, -0.1) is 0 Å². The molecular formula is C15H21ClFNO3S. The molecule has 1 aromatic rings. The van der Waals surface area contributed by atoms with Crippen LogP contribution < -0.4 is 0 Å². The molecule has 0 aliphatic carbocycles. The fourth-order valence-corrected chi connectivity index (χ4v) is 3.91. The number of ether oxygens (including phenoxy) is 1. The zero-order chi connectivity index (χ0) is 16.2. The molecule has 0 amide bonds. The highest BCUT2D eigenvalue weighted by Gasteiger charge is 2.21. The summed E-state index contributed by atoms with van der Waals surface area (Å²) in [6.07, 6.45) is 3.98. The van der Waals surface area contributed by atoms with Crippen LogP contribution in [0, 0.1) is 5.82 Å². The lowest BCUT2D eigenvalue weighted by molar-refractivity contribution is 0.101. The molecule has 0 bridgehead atoms. The minimum absolute atomic E-state index is 0.135. The van der Waals surface area contributed by atoms with Crippen LogP contribution in [-0.4, -0.2) is 39.0 Å². The van der Waals surface area contributed by atoms with Gasteiger partial charge in [0, 0.05) is 30.8 Å². The fourth-order valence-electron chi connectivity index (χ4n) is 2.50. The van der Waals surface area contributed by atoms with Gasteiger partial charge in [-0.1, -0.05) is 17.7 Å². The summed E-state index contributed by atoms with van der Waals surface area (Å²) in [5, 5.41) is 0.253. The number of hydrogen-bond acceptors (Lipinski definition) is 3. The van der Waals surface area contributed by atoms with Crippen molar-refractivity contribution < 1.29 is 17.5 Å². The molecule has 1 atom stereocenters. The molecule has 4 nitrogen and oxygen atoms in total. The quantitative estimate of drug-likeness (QED) is 0.759. The lowest BCUT2D eigenvalue weighted by Gasteiger charge is -2.18. The van der Waals surface area contributed by atoms with E-state index in [0.29, 0.717) is 6.54 Å². The molecule has 0 spiro atoms. The molecule has 22 heavy (non-hydrogen) atoms. The molecule has 0 N–H and O–H groups in total. The molecule has 124 valence electrons. The highest BCUT2D eigenvalue weighted by Crippen LogP contribution is 2.20. The monoisotopic (exact) mass is 349 g/mol. The second-order valence-corrected chi connectivity index (χ2v) is 8.10. The topological polar surface area (TPSA) is 46.6 Å². The van der Waals surface area contributed by atoms with Gasteiger partial charge < -0.3 is 4.74 Å². The van der Waals surface area contributed by atoms with Crippen molar-refractivity contribution in [2.24, 2.45) is 0 Å². The van der Waals surface area contributed by atoms with Crippen LogP contribution in [0.25, 0.3) is 0 Å². The van der Waals surface area contributed by atoms with Crippen LogP contribution in [0.1, 0.15) is 31.2 Å². The van der Waals surface area contributed by atoms with E-state index in [4.69, 9.17) is 16.3 Å². The maximum absolute atomic E-state index is 13.7. The Morgan fingerprint density at radius 1 is 1.45 bits per heavy atom. The molecule has 1 aliphatic heterocycles. The Bertz CT molecular complexity index is 603. The number of sulfonamides is 1. The van der Waals surface area contributed by atoms with Crippen LogP contribution in [-0.2, 0) is 20.5 Å². The van der Waals surface area contributed by atoms with Crippen molar-refractivity contribution >= 4 is 21.6 Å². The zero-order valence-electron chi connectivity index (χ0n) is 12.6. The maximum atomic E-state index is 13.7. The van der Waals surface area contributed by atoms with E-state index in [1.54, 1.807) is 0 Å². The molecule has 2 rings (SSSR count). The molecule has 0 saturated carbocycles. The minimum Gasteiger partial charge on any atom is -0.378 e. The van der Waals surface area contributed by atoms with Crippen LogP contribution in [0.2, 0.25) is 5.02 Å². The second-order valence-electron chi connectivity index (χ2n) is 5.59. The highest BCUT2D eigenvalue weighted by molar-refractivity contribution is 7.88. The van der Waals surface area contributed by atoms with E-state index >= 15 is 0 Å². The first kappa shape index (κ1) is 17.7. The van der Waals surface area contributed by atoms with E-state index in [1.165, 1.54) is 23.5 Å². The Labute approximate surface area is 136 Å². The van der Waals surface area contributed by atoms with Crippen molar-refractivity contribution in [1.82, 2.24) is 4.31 Å². The van der Waals surface area contributed by atoms with Gasteiger partial charge in [0.15, 0.2) is 0 Å². The van der Waals surface area contributed by atoms with Crippen molar-refractivity contribution in [1.29, 1.82) is 0 Å². The highest BCUT2D eigenvalue weighted by atomic mass is 35.5. The third-order valence-corrected chi connectivity index (χ3v) is 5.89. The van der Waals surface area contributed by atoms with Gasteiger partial charge in [0.25, 0.3) is 0 Å². The average molecular weight is 350 g/mol. The van der Waals surface area contributed by atoms with Crippen molar-refractivity contribution in [3.63, 3.8) is 0 Å². The predicted molar refractivity (Wildman–Crippen MR) is 84.9 cm³/mol. The Balaban J connectivity index is 1.88. The number of halogens is 2. The van der Waals surface area contributed by atoms with E-state index in [2.05, 4.69) is 0 Å². The zero-order valence-corrected chi connectivity index (χ0v) is 14.2. The van der Waals surface area contributed by atoms with E-state index in [9.17, 15) is 12.8 Å². The first-order chi connectivity index (χ1) is 10.4. The standard InChI is InChI=1S/C15H21ClFNO3S/c1-18(8-2-4-14-5-3-9-21-14)22(19,20)11-12-6-7-13(16)10-15(12)17/h6-7,10,14H,2-5,8-9,11H2,1H3. The van der Waals surface area contributed by atoms with Gasteiger partial charge in [-0.2, -0.15) is 0 Å². The normalized spacial score (nSPS) is 19.0. The van der Waals surface area contributed by atoms with Crippen LogP contribution in [0.3, 0.4) is 0 Å². The smallest absolute Gasteiger partial charge is 0.218 e. The Morgan fingerprint density at radius 2 is 2.23 bits per heavy atom. The molecule has 0 aromatic heterocycles. The van der Waals surface area contributed by atoms with E-state index in [-0.39, 0.29) is 22.4 Å². The number of nitrogens with zero attached hydrogens (tertiary/aromatic N) is 1. The van der Waals surface area contributed by atoms with Gasteiger partial charge in [-0.05, 0) is 37.8 Å². The van der Waals surface area contributed by atoms with Crippen molar-refractivity contribution in [2.45, 2.75) is 37.5 Å². The third-order valence-electron chi connectivity index (χ3n) is 3.85. The molecule has 1 fully saturated rings. The molecule has 0 radical (unpaired) electrons. The van der Waals surface area contributed by atoms with Crippen LogP contribution in [0.15, 0.2) is 18.2 Å². The molecule has 1 heterocycles. The maximum Gasteiger partial charge on any atom is 0.218 e. The number of rotatable bonds is 7. The molecular weight excluding hydrogens is 329 g/mol. The third kappa shape index (κ3) is 4.91. The summed E-state index contributed by atoms with van der Waals surface area (Å²) in [4.78, 5) is 0. The largest absolute Gasteiger partial charge is 0.378 e. The lowest BCUT2D eigenvalue weighted by atomic mass is 10.1. The Morgan fingerprint density at radius 3 is 2.86 bits per heavy atom. The summed E-state index contributed by atoms with van der Waals surface area (Å²) < 4.78 is 45.0. The Hall–Kier alpha value is -0.690. The van der Waals surface area contributed by atoms with Gasteiger partial charge in [0.2, 0.25) is 10.0 Å². The summed E-state index contributed by atoms with van der Waals surface area (Å²) in [7, 11) is -2.01. The summed E-state index contributed by atoms with van der Waals surface area (Å²) in [6.45, 7) is 1.21. The predicted octanol–water partition coefficient (Wildman–Crippen LogP) is 3.20. The van der Waals surface area contributed by atoms with Crippen molar-refractivity contribution in [3.05, 3.63) is 34.6 Å². The molecule has 7 heteroatoms. The molecule has 1 unspecified atom stereocenters. The average Bonchev–Trinajstić information content (AvgIpc) is 2.95. The van der Waals surface area contributed by atoms with Crippen molar-refractivity contribution in [2.75, 3.05) is 20.2 Å². The van der Waals surface area contributed by atoms with Gasteiger partial charge >= 0.3 is 0 Å². The molecule has 1 saturated heterocycles. The summed E-state index contributed by atoms with van der Waals surface area (Å²) >= 11 is 5.67. The van der Waals surface area contributed by atoms with Crippen LogP contribution >= 0.6 is 11.6 Å². The summed E-state index contributed by atoms with van der Waals surface area (Å²) in [5.74, 6) is -0.948. The number of benzene rings is 1. The summed E-state index contributed by atoms with van der Waals surface area (Å²) in [6, 6.07) is 4.03. The molecule has 1 aromatic carbocycles. The van der Waals surface area contributed by atoms with E-state index in [1.807, 2.05) is 0 Å². The minimum atomic E-state index is -3.54. The summed E-state index contributed by atoms with van der Waals surface area (Å²) in [5.41, 5.74) is 0.135.